The van der Waals surface area contributed by atoms with Crippen molar-refractivity contribution in [1.29, 1.82) is 0 Å². The van der Waals surface area contributed by atoms with Gasteiger partial charge in [0.25, 0.3) is 0 Å². The first-order valence-electron chi connectivity index (χ1n) is 5.57. The number of methoxy groups -OCH3 is 1. The second kappa shape index (κ2) is 5.40. The standard InChI is InChI=1S/C11H15BrClN3O/c1-7-6-16(4-3-9(7)13)11-14-5-8(12)10(15-11)17-2/h5,7,9H,3-4,6H2,1-2H3. The van der Waals surface area contributed by atoms with E-state index >= 15 is 0 Å². The predicted octanol–water partition coefficient (Wildman–Crippen LogP) is 2.70. The molecule has 2 atom stereocenters. The van der Waals surface area contributed by atoms with Gasteiger partial charge in [-0.05, 0) is 28.3 Å². The van der Waals surface area contributed by atoms with Crippen molar-refractivity contribution in [1.82, 2.24) is 9.97 Å². The summed E-state index contributed by atoms with van der Waals surface area (Å²) in [5.74, 6) is 1.72. The molecule has 2 rings (SSSR count). The third-order valence-electron chi connectivity index (χ3n) is 2.98. The SMILES string of the molecule is COc1nc(N2CCC(Cl)C(C)C2)ncc1Br. The summed E-state index contributed by atoms with van der Waals surface area (Å²) in [6.07, 6.45) is 2.68. The molecule has 94 valence electrons. The average molecular weight is 321 g/mol. The van der Waals surface area contributed by atoms with Crippen LogP contribution in [0.15, 0.2) is 10.7 Å². The molecule has 17 heavy (non-hydrogen) atoms. The number of nitrogens with zero attached hydrogens (tertiary/aromatic N) is 3. The monoisotopic (exact) mass is 319 g/mol. The lowest BCUT2D eigenvalue weighted by atomic mass is 10.00. The van der Waals surface area contributed by atoms with Gasteiger partial charge in [-0.2, -0.15) is 4.98 Å². The van der Waals surface area contributed by atoms with Crippen molar-refractivity contribution < 1.29 is 4.74 Å². The molecule has 1 aliphatic rings. The normalized spacial score (nSPS) is 24.8. The maximum atomic E-state index is 6.20. The van der Waals surface area contributed by atoms with E-state index in [0.717, 1.165) is 24.0 Å². The van der Waals surface area contributed by atoms with Crippen LogP contribution >= 0.6 is 27.5 Å². The molecule has 0 aromatic carbocycles. The van der Waals surface area contributed by atoms with Crippen molar-refractivity contribution in [2.75, 3.05) is 25.1 Å². The molecule has 1 fully saturated rings. The highest BCUT2D eigenvalue weighted by atomic mass is 79.9. The number of piperidine rings is 1. The molecule has 2 heterocycles. The van der Waals surface area contributed by atoms with Crippen molar-refractivity contribution in [3.05, 3.63) is 10.7 Å². The lowest BCUT2D eigenvalue weighted by Gasteiger charge is -2.34. The third kappa shape index (κ3) is 2.83. The quantitative estimate of drug-likeness (QED) is 0.785. The van der Waals surface area contributed by atoms with Gasteiger partial charge < -0.3 is 9.64 Å². The first-order valence-corrected chi connectivity index (χ1v) is 6.80. The maximum Gasteiger partial charge on any atom is 0.232 e. The second-order valence-electron chi connectivity index (χ2n) is 4.26. The van der Waals surface area contributed by atoms with Crippen LogP contribution in [0.4, 0.5) is 5.95 Å². The van der Waals surface area contributed by atoms with E-state index in [0.29, 0.717) is 17.7 Å². The van der Waals surface area contributed by atoms with Gasteiger partial charge in [-0.15, -0.1) is 11.6 Å². The van der Waals surface area contributed by atoms with Crippen LogP contribution in [0, 0.1) is 5.92 Å². The zero-order valence-corrected chi connectivity index (χ0v) is 12.2. The summed E-state index contributed by atoms with van der Waals surface area (Å²) in [6, 6.07) is 0. The van der Waals surface area contributed by atoms with E-state index in [9.17, 15) is 0 Å². The van der Waals surface area contributed by atoms with Gasteiger partial charge >= 0.3 is 0 Å². The molecule has 0 radical (unpaired) electrons. The van der Waals surface area contributed by atoms with Gasteiger partial charge in [0.15, 0.2) is 0 Å². The molecule has 1 saturated heterocycles. The van der Waals surface area contributed by atoms with E-state index in [1.165, 1.54) is 0 Å². The maximum absolute atomic E-state index is 6.20. The van der Waals surface area contributed by atoms with Gasteiger partial charge in [-0.3, -0.25) is 0 Å². The number of hydrogen-bond donors (Lipinski definition) is 0. The van der Waals surface area contributed by atoms with Crippen LogP contribution in [-0.2, 0) is 0 Å². The Morgan fingerprint density at radius 1 is 1.59 bits per heavy atom. The lowest BCUT2D eigenvalue weighted by Crippen LogP contribution is -2.40. The van der Waals surface area contributed by atoms with Crippen LogP contribution in [0.3, 0.4) is 0 Å². The summed E-state index contributed by atoms with van der Waals surface area (Å²) < 4.78 is 5.94. The Kier molecular flexibility index (Phi) is 4.09. The van der Waals surface area contributed by atoms with Crippen LogP contribution in [0.25, 0.3) is 0 Å². The van der Waals surface area contributed by atoms with Gasteiger partial charge in [0.1, 0.15) is 0 Å². The van der Waals surface area contributed by atoms with Crippen molar-refractivity contribution >= 4 is 33.5 Å². The molecule has 0 amide bonds. The van der Waals surface area contributed by atoms with Crippen molar-refractivity contribution in [3.63, 3.8) is 0 Å². The minimum absolute atomic E-state index is 0.253. The summed E-state index contributed by atoms with van der Waals surface area (Å²) in [6.45, 7) is 3.93. The zero-order valence-electron chi connectivity index (χ0n) is 9.86. The summed E-state index contributed by atoms with van der Waals surface area (Å²) in [5.41, 5.74) is 0. The number of rotatable bonds is 2. The molecule has 0 aliphatic carbocycles. The molecule has 0 bridgehead atoms. The predicted molar refractivity (Wildman–Crippen MR) is 71.9 cm³/mol. The van der Waals surface area contributed by atoms with Gasteiger partial charge in [0.2, 0.25) is 11.8 Å². The number of hydrogen-bond acceptors (Lipinski definition) is 4. The zero-order chi connectivity index (χ0) is 12.4. The Morgan fingerprint density at radius 3 is 3.00 bits per heavy atom. The van der Waals surface area contributed by atoms with Crippen molar-refractivity contribution in [3.8, 4) is 5.88 Å². The van der Waals surface area contributed by atoms with Crippen LogP contribution in [0.2, 0.25) is 0 Å². The van der Waals surface area contributed by atoms with E-state index in [2.05, 4.69) is 37.7 Å². The number of anilines is 1. The Morgan fingerprint density at radius 2 is 2.35 bits per heavy atom. The largest absolute Gasteiger partial charge is 0.480 e. The fraction of sp³-hybridized carbons (Fsp3) is 0.636. The van der Waals surface area contributed by atoms with Gasteiger partial charge in [0.05, 0.1) is 17.8 Å². The molecule has 1 aromatic heterocycles. The number of ether oxygens (including phenoxy) is 1. The van der Waals surface area contributed by atoms with E-state index in [4.69, 9.17) is 16.3 Å². The average Bonchev–Trinajstić information content (AvgIpc) is 2.33. The van der Waals surface area contributed by atoms with E-state index in [-0.39, 0.29) is 5.38 Å². The number of alkyl halides is 1. The Bertz CT molecular complexity index is 404. The van der Waals surface area contributed by atoms with Crippen LogP contribution in [-0.4, -0.2) is 35.5 Å². The van der Waals surface area contributed by atoms with Crippen LogP contribution in [0.1, 0.15) is 13.3 Å². The van der Waals surface area contributed by atoms with E-state index in [1.54, 1.807) is 13.3 Å². The molecular weight excluding hydrogens is 305 g/mol. The summed E-state index contributed by atoms with van der Waals surface area (Å²) >= 11 is 9.55. The van der Waals surface area contributed by atoms with Gasteiger partial charge in [-0.1, -0.05) is 6.92 Å². The van der Waals surface area contributed by atoms with Crippen LogP contribution < -0.4 is 9.64 Å². The van der Waals surface area contributed by atoms with Gasteiger partial charge in [0, 0.05) is 18.5 Å². The molecule has 6 heteroatoms. The van der Waals surface area contributed by atoms with Crippen molar-refractivity contribution in [2.24, 2.45) is 5.92 Å². The van der Waals surface area contributed by atoms with E-state index in [1.807, 2.05) is 0 Å². The Labute approximate surface area is 114 Å². The second-order valence-corrected chi connectivity index (χ2v) is 5.67. The first kappa shape index (κ1) is 12.9. The van der Waals surface area contributed by atoms with Crippen molar-refractivity contribution in [2.45, 2.75) is 18.7 Å². The van der Waals surface area contributed by atoms with E-state index < -0.39 is 0 Å². The minimum Gasteiger partial charge on any atom is -0.480 e. The lowest BCUT2D eigenvalue weighted by molar-refractivity contribution is 0.391. The molecule has 0 N–H and O–H groups in total. The smallest absolute Gasteiger partial charge is 0.232 e. The molecule has 1 aliphatic heterocycles. The Hall–Kier alpha value is -0.550. The first-order chi connectivity index (χ1) is 8.11. The molecular formula is C11H15BrClN3O. The Balaban J connectivity index is 2.17. The minimum atomic E-state index is 0.253. The fourth-order valence-electron chi connectivity index (χ4n) is 1.94. The highest BCUT2D eigenvalue weighted by Gasteiger charge is 2.26. The summed E-state index contributed by atoms with van der Waals surface area (Å²) in [4.78, 5) is 10.8. The molecule has 0 spiro atoms. The summed E-state index contributed by atoms with van der Waals surface area (Å²) in [5, 5.41) is 0.253. The van der Waals surface area contributed by atoms with Gasteiger partial charge in [-0.25, -0.2) is 4.98 Å². The number of aromatic nitrogens is 2. The fourth-order valence-corrected chi connectivity index (χ4v) is 2.47. The highest BCUT2D eigenvalue weighted by molar-refractivity contribution is 9.10. The molecule has 2 unspecified atom stereocenters. The topological polar surface area (TPSA) is 38.2 Å². The highest BCUT2D eigenvalue weighted by Crippen LogP contribution is 2.27. The molecule has 0 saturated carbocycles. The van der Waals surface area contributed by atoms with Crippen LogP contribution in [0.5, 0.6) is 5.88 Å². The third-order valence-corrected chi connectivity index (χ3v) is 4.17. The summed E-state index contributed by atoms with van der Waals surface area (Å²) in [7, 11) is 1.60. The molecule has 1 aromatic rings. The molecule has 4 nitrogen and oxygen atoms in total. The number of halogens is 2.